The first kappa shape index (κ1) is 25.0. The molecule has 2 amide bonds. The molecule has 31 heavy (non-hydrogen) atoms. The summed E-state index contributed by atoms with van der Waals surface area (Å²) in [5, 5.41) is 3.05. The van der Waals surface area contributed by atoms with Crippen LogP contribution in [0.25, 0.3) is 0 Å². The second-order valence-corrected chi connectivity index (χ2v) is 10.3. The SMILES string of the molecule is CC[C@@H](C(=O)NC(C)(C)C)N(Cc1cccc(C)c1)C(=O)CCSc1ccc(C)cc1. The normalized spacial score (nSPS) is 12.3. The number of carbonyl (C=O) groups is 2. The number of hydrogen-bond acceptors (Lipinski definition) is 3. The number of rotatable bonds is 9. The van der Waals surface area contributed by atoms with Gasteiger partial charge < -0.3 is 10.2 Å². The molecular formula is C26H36N2O2S. The molecule has 0 aliphatic carbocycles. The van der Waals surface area contributed by atoms with Gasteiger partial charge in [0.05, 0.1) is 0 Å². The van der Waals surface area contributed by atoms with Crippen molar-refractivity contribution in [3.63, 3.8) is 0 Å². The van der Waals surface area contributed by atoms with Crippen LogP contribution in [0.3, 0.4) is 0 Å². The van der Waals surface area contributed by atoms with E-state index in [9.17, 15) is 9.59 Å². The van der Waals surface area contributed by atoms with Gasteiger partial charge in [-0.25, -0.2) is 0 Å². The van der Waals surface area contributed by atoms with Crippen molar-refractivity contribution in [1.82, 2.24) is 10.2 Å². The van der Waals surface area contributed by atoms with E-state index in [1.54, 1.807) is 16.7 Å². The smallest absolute Gasteiger partial charge is 0.243 e. The second kappa shape index (κ2) is 11.4. The Balaban J connectivity index is 2.15. The highest BCUT2D eigenvalue weighted by molar-refractivity contribution is 7.99. The number of hydrogen-bond donors (Lipinski definition) is 1. The van der Waals surface area contributed by atoms with Crippen molar-refractivity contribution in [2.45, 2.75) is 77.4 Å². The van der Waals surface area contributed by atoms with Gasteiger partial charge in [-0.15, -0.1) is 11.8 Å². The Hall–Kier alpha value is -2.27. The zero-order valence-electron chi connectivity index (χ0n) is 19.7. The molecule has 0 unspecified atom stereocenters. The molecule has 1 N–H and O–H groups in total. The summed E-state index contributed by atoms with van der Waals surface area (Å²) in [6.45, 7) is 12.4. The molecule has 2 aromatic rings. The summed E-state index contributed by atoms with van der Waals surface area (Å²) >= 11 is 1.67. The first-order chi connectivity index (χ1) is 14.6. The summed E-state index contributed by atoms with van der Waals surface area (Å²) in [4.78, 5) is 29.2. The van der Waals surface area contributed by atoms with Crippen LogP contribution >= 0.6 is 11.8 Å². The van der Waals surface area contributed by atoms with Gasteiger partial charge in [-0.2, -0.15) is 0 Å². The van der Waals surface area contributed by atoms with Crippen molar-refractivity contribution in [1.29, 1.82) is 0 Å². The lowest BCUT2D eigenvalue weighted by atomic mass is 10.0. The van der Waals surface area contributed by atoms with Crippen molar-refractivity contribution in [3.8, 4) is 0 Å². The van der Waals surface area contributed by atoms with Crippen LogP contribution in [0.5, 0.6) is 0 Å². The summed E-state index contributed by atoms with van der Waals surface area (Å²) in [5.41, 5.74) is 3.07. The Morgan fingerprint density at radius 1 is 1.03 bits per heavy atom. The van der Waals surface area contributed by atoms with Crippen molar-refractivity contribution < 1.29 is 9.59 Å². The third-order valence-electron chi connectivity index (χ3n) is 4.93. The van der Waals surface area contributed by atoms with Crippen LogP contribution in [0, 0.1) is 13.8 Å². The van der Waals surface area contributed by atoms with Gasteiger partial charge in [-0.05, 0) is 58.7 Å². The third-order valence-corrected chi connectivity index (χ3v) is 5.94. The maximum atomic E-state index is 13.3. The molecule has 0 radical (unpaired) electrons. The van der Waals surface area contributed by atoms with E-state index in [-0.39, 0.29) is 17.4 Å². The van der Waals surface area contributed by atoms with Gasteiger partial charge in [0, 0.05) is 29.2 Å². The van der Waals surface area contributed by atoms with Crippen molar-refractivity contribution in [3.05, 3.63) is 65.2 Å². The maximum Gasteiger partial charge on any atom is 0.243 e. The number of carbonyl (C=O) groups excluding carboxylic acids is 2. The Morgan fingerprint density at radius 2 is 1.71 bits per heavy atom. The lowest BCUT2D eigenvalue weighted by molar-refractivity contribution is -0.141. The molecule has 0 aliphatic rings. The Kier molecular flexibility index (Phi) is 9.17. The number of aryl methyl sites for hydroxylation is 2. The van der Waals surface area contributed by atoms with E-state index < -0.39 is 6.04 Å². The largest absolute Gasteiger partial charge is 0.350 e. The molecule has 0 saturated heterocycles. The zero-order chi connectivity index (χ0) is 23.0. The predicted molar refractivity (Wildman–Crippen MR) is 130 cm³/mol. The van der Waals surface area contributed by atoms with Crippen LogP contribution in [-0.4, -0.2) is 34.0 Å². The van der Waals surface area contributed by atoms with E-state index >= 15 is 0 Å². The van der Waals surface area contributed by atoms with Crippen molar-refractivity contribution in [2.75, 3.05) is 5.75 Å². The number of benzene rings is 2. The highest BCUT2D eigenvalue weighted by atomic mass is 32.2. The van der Waals surface area contributed by atoms with Gasteiger partial charge in [0.25, 0.3) is 0 Å². The fourth-order valence-corrected chi connectivity index (χ4v) is 4.25. The second-order valence-electron chi connectivity index (χ2n) is 9.09. The monoisotopic (exact) mass is 440 g/mol. The third kappa shape index (κ3) is 8.41. The summed E-state index contributed by atoms with van der Waals surface area (Å²) in [6.07, 6.45) is 0.966. The number of thioether (sulfide) groups is 1. The number of nitrogens with zero attached hydrogens (tertiary/aromatic N) is 1. The molecule has 0 fully saturated rings. The molecule has 0 aliphatic heterocycles. The summed E-state index contributed by atoms with van der Waals surface area (Å²) < 4.78 is 0. The van der Waals surface area contributed by atoms with Gasteiger partial charge in [0.15, 0.2) is 0 Å². The minimum absolute atomic E-state index is 0.0111. The number of nitrogens with one attached hydrogen (secondary N) is 1. The highest BCUT2D eigenvalue weighted by Gasteiger charge is 2.30. The van der Waals surface area contributed by atoms with Crippen LogP contribution < -0.4 is 5.32 Å². The molecule has 168 valence electrons. The average Bonchev–Trinajstić information content (AvgIpc) is 2.68. The lowest BCUT2D eigenvalue weighted by Gasteiger charge is -2.33. The van der Waals surface area contributed by atoms with Crippen LogP contribution in [0.1, 0.15) is 57.2 Å². The molecule has 5 heteroatoms. The summed E-state index contributed by atoms with van der Waals surface area (Å²) in [7, 11) is 0. The molecule has 0 aromatic heterocycles. The van der Waals surface area contributed by atoms with E-state index in [2.05, 4.69) is 42.6 Å². The van der Waals surface area contributed by atoms with E-state index in [0.717, 1.165) is 16.0 Å². The van der Waals surface area contributed by atoms with E-state index in [1.807, 2.05) is 52.8 Å². The molecule has 0 saturated carbocycles. The van der Waals surface area contributed by atoms with E-state index in [4.69, 9.17) is 0 Å². The minimum Gasteiger partial charge on any atom is -0.350 e. The van der Waals surface area contributed by atoms with Gasteiger partial charge in [0.2, 0.25) is 11.8 Å². The summed E-state index contributed by atoms with van der Waals surface area (Å²) in [5.74, 6) is 0.600. The van der Waals surface area contributed by atoms with Crippen LogP contribution in [0.2, 0.25) is 0 Å². The Bertz CT molecular complexity index is 872. The van der Waals surface area contributed by atoms with Crippen molar-refractivity contribution >= 4 is 23.6 Å². The molecule has 0 spiro atoms. The fraction of sp³-hybridized carbons (Fsp3) is 0.462. The predicted octanol–water partition coefficient (Wildman–Crippen LogP) is 5.51. The van der Waals surface area contributed by atoms with Crippen LogP contribution in [0.15, 0.2) is 53.4 Å². The van der Waals surface area contributed by atoms with Crippen LogP contribution in [-0.2, 0) is 16.1 Å². The Morgan fingerprint density at radius 3 is 2.29 bits per heavy atom. The fourth-order valence-electron chi connectivity index (χ4n) is 3.41. The average molecular weight is 441 g/mol. The molecule has 1 atom stereocenters. The molecule has 2 aromatic carbocycles. The lowest BCUT2D eigenvalue weighted by Crippen LogP contribution is -2.53. The van der Waals surface area contributed by atoms with Crippen molar-refractivity contribution in [2.24, 2.45) is 0 Å². The van der Waals surface area contributed by atoms with Gasteiger partial charge in [-0.1, -0.05) is 54.4 Å². The maximum absolute atomic E-state index is 13.3. The molecule has 4 nitrogen and oxygen atoms in total. The molecular weight excluding hydrogens is 404 g/mol. The minimum atomic E-state index is -0.489. The van der Waals surface area contributed by atoms with Gasteiger partial charge in [-0.3, -0.25) is 9.59 Å². The quantitative estimate of drug-likeness (QED) is 0.523. The van der Waals surface area contributed by atoms with Gasteiger partial charge in [0.1, 0.15) is 6.04 Å². The first-order valence-electron chi connectivity index (χ1n) is 11.0. The van der Waals surface area contributed by atoms with E-state index in [0.29, 0.717) is 25.1 Å². The van der Waals surface area contributed by atoms with Gasteiger partial charge >= 0.3 is 0 Å². The zero-order valence-corrected chi connectivity index (χ0v) is 20.5. The van der Waals surface area contributed by atoms with E-state index in [1.165, 1.54) is 5.56 Å². The number of amides is 2. The standard InChI is InChI=1S/C26H36N2O2S/c1-7-23(25(30)27-26(4,5)6)28(18-21-10-8-9-20(3)17-21)24(29)15-16-31-22-13-11-19(2)12-14-22/h8-14,17,23H,7,15-16,18H2,1-6H3,(H,27,30)/t23-/m0/s1. The topological polar surface area (TPSA) is 49.4 Å². The molecule has 0 heterocycles. The van der Waals surface area contributed by atoms with Crippen LogP contribution in [0.4, 0.5) is 0 Å². The highest BCUT2D eigenvalue weighted by Crippen LogP contribution is 2.21. The molecule has 2 rings (SSSR count). The molecule has 0 bridgehead atoms. The first-order valence-corrected chi connectivity index (χ1v) is 11.9. The summed E-state index contributed by atoms with van der Waals surface area (Å²) in [6, 6.07) is 16.0. The Labute approximate surface area is 191 Å².